The van der Waals surface area contributed by atoms with Gasteiger partial charge in [-0.3, -0.25) is 18.8 Å². The number of benzene rings is 2. The van der Waals surface area contributed by atoms with Gasteiger partial charge in [-0.2, -0.15) is 13.2 Å². The Bertz CT molecular complexity index is 1730. The number of ether oxygens (including phenoxy) is 1. The molecule has 0 spiro atoms. The van der Waals surface area contributed by atoms with Crippen molar-refractivity contribution in [3.63, 3.8) is 0 Å². The summed E-state index contributed by atoms with van der Waals surface area (Å²) >= 11 is 0. The number of alkyl halides is 4. The van der Waals surface area contributed by atoms with Gasteiger partial charge in [0.2, 0.25) is 5.91 Å². The lowest BCUT2D eigenvalue weighted by Gasteiger charge is -2.38. The molecule has 1 aromatic heterocycles. The zero-order chi connectivity index (χ0) is 36.9. The third-order valence-electron chi connectivity index (χ3n) is 9.17. The van der Waals surface area contributed by atoms with Crippen molar-refractivity contribution in [2.75, 3.05) is 32.9 Å². The van der Waals surface area contributed by atoms with E-state index in [-0.39, 0.29) is 54.5 Å². The molecule has 1 fully saturated rings. The Morgan fingerprint density at radius 1 is 1.04 bits per heavy atom. The van der Waals surface area contributed by atoms with E-state index in [0.717, 1.165) is 27.5 Å². The summed E-state index contributed by atoms with van der Waals surface area (Å²) in [6.45, 7) is 11.3. The van der Waals surface area contributed by atoms with Crippen molar-refractivity contribution < 1.29 is 36.3 Å². The Kier molecular flexibility index (Phi) is 12.6. The van der Waals surface area contributed by atoms with Crippen LogP contribution in [0.1, 0.15) is 79.1 Å². The van der Waals surface area contributed by atoms with Crippen LogP contribution in [0.2, 0.25) is 0 Å². The van der Waals surface area contributed by atoms with Gasteiger partial charge in [-0.05, 0) is 92.0 Å². The lowest BCUT2D eigenvalue weighted by molar-refractivity contribution is -0.144. The monoisotopic (exact) mass is 703 g/mol. The molecule has 2 unspecified atom stereocenters. The van der Waals surface area contributed by atoms with E-state index in [1.807, 2.05) is 36.9 Å². The van der Waals surface area contributed by atoms with E-state index in [1.165, 1.54) is 0 Å². The molecule has 0 saturated carbocycles. The topological polar surface area (TPSA) is 80.6 Å². The van der Waals surface area contributed by atoms with Crippen molar-refractivity contribution in [3.8, 4) is 11.1 Å². The Hall–Kier alpha value is -4.06. The van der Waals surface area contributed by atoms with Crippen molar-refractivity contribution in [2.45, 2.75) is 79.1 Å². The van der Waals surface area contributed by atoms with Crippen molar-refractivity contribution in [1.29, 1.82) is 0 Å². The summed E-state index contributed by atoms with van der Waals surface area (Å²) < 4.78 is 77.4. The molecule has 2 heterocycles. The third kappa shape index (κ3) is 9.18. The number of nitrogens with zero attached hydrogens (tertiary/aromatic N) is 2. The summed E-state index contributed by atoms with van der Waals surface area (Å²) in [6.07, 6.45) is -4.18. The lowest BCUT2D eigenvalue weighted by atomic mass is 9.90. The molecule has 2 aromatic carbocycles. The van der Waals surface area contributed by atoms with Crippen LogP contribution >= 0.6 is 0 Å². The second-order valence-corrected chi connectivity index (χ2v) is 13.7. The number of pyridine rings is 1. The van der Waals surface area contributed by atoms with E-state index in [9.17, 15) is 31.9 Å². The van der Waals surface area contributed by atoms with E-state index in [1.54, 1.807) is 39.8 Å². The molecule has 0 aliphatic carbocycles. The van der Waals surface area contributed by atoms with Crippen LogP contribution in [0.4, 0.5) is 22.0 Å². The van der Waals surface area contributed by atoms with Gasteiger partial charge in [0, 0.05) is 43.4 Å². The molecule has 0 bridgehead atoms. The maximum Gasteiger partial charge on any atom is 0.416 e. The first-order chi connectivity index (χ1) is 23.5. The Labute approximate surface area is 289 Å². The van der Waals surface area contributed by atoms with Gasteiger partial charge in [-0.25, -0.2) is 4.39 Å². The van der Waals surface area contributed by atoms with Crippen LogP contribution < -0.4 is 10.9 Å². The SMILES string of the molecule is CCOC(=O)CC(NC(=O)C(CC(C)C)n1cc(CCN2CC(CF)C2)c(C(F)(F)F)cc1=O)c1cc(-c2c(C)cccc2C)cc(C)c1F. The van der Waals surface area contributed by atoms with Gasteiger partial charge in [0.25, 0.3) is 5.56 Å². The Morgan fingerprint density at radius 3 is 2.28 bits per heavy atom. The molecule has 50 heavy (non-hydrogen) atoms. The van der Waals surface area contributed by atoms with Crippen LogP contribution in [0, 0.1) is 38.4 Å². The van der Waals surface area contributed by atoms with Crippen LogP contribution in [-0.4, -0.2) is 54.3 Å². The predicted octanol–water partition coefficient (Wildman–Crippen LogP) is 7.44. The Morgan fingerprint density at radius 2 is 1.70 bits per heavy atom. The quantitative estimate of drug-likeness (QED) is 0.140. The van der Waals surface area contributed by atoms with Gasteiger partial charge < -0.3 is 19.5 Å². The molecule has 1 N–H and O–H groups in total. The summed E-state index contributed by atoms with van der Waals surface area (Å²) in [4.78, 5) is 42.2. The number of carbonyl (C=O) groups is 2. The van der Waals surface area contributed by atoms with Crippen LogP contribution in [0.3, 0.4) is 0 Å². The molecule has 4 rings (SSSR count). The van der Waals surface area contributed by atoms with Crippen molar-refractivity contribution in [1.82, 2.24) is 14.8 Å². The molecule has 1 aliphatic heterocycles. The molecule has 1 amide bonds. The maximum absolute atomic E-state index is 16.0. The number of hydrogen-bond donors (Lipinski definition) is 1. The second kappa shape index (κ2) is 16.3. The first-order valence-electron chi connectivity index (χ1n) is 17.0. The molecular weight excluding hydrogens is 657 g/mol. The molecule has 0 radical (unpaired) electrons. The number of carbonyl (C=O) groups excluding carboxylic acids is 2. The normalized spacial score (nSPS) is 15.1. The van der Waals surface area contributed by atoms with Gasteiger partial charge in [-0.15, -0.1) is 0 Å². The zero-order valence-corrected chi connectivity index (χ0v) is 29.4. The predicted molar refractivity (Wildman–Crippen MR) is 182 cm³/mol. The highest BCUT2D eigenvalue weighted by Crippen LogP contribution is 2.35. The average Bonchev–Trinajstić information content (AvgIpc) is 3.00. The van der Waals surface area contributed by atoms with Gasteiger partial charge in [0.1, 0.15) is 11.9 Å². The molecule has 3 aromatic rings. The summed E-state index contributed by atoms with van der Waals surface area (Å²) in [5.74, 6) is -2.42. The van der Waals surface area contributed by atoms with Gasteiger partial charge in [-0.1, -0.05) is 32.0 Å². The molecule has 7 nitrogen and oxygen atoms in total. The number of hydrogen-bond acceptors (Lipinski definition) is 5. The fourth-order valence-corrected chi connectivity index (χ4v) is 6.69. The number of aromatic nitrogens is 1. The number of likely N-dealkylation sites (tertiary alicyclic amines) is 1. The fraction of sp³-hybridized carbons (Fsp3) is 0.500. The lowest BCUT2D eigenvalue weighted by Crippen LogP contribution is -2.48. The average molecular weight is 704 g/mol. The van der Waals surface area contributed by atoms with Crippen molar-refractivity contribution in [3.05, 3.63) is 92.1 Å². The number of nitrogens with one attached hydrogen (secondary N) is 1. The van der Waals surface area contributed by atoms with Crippen molar-refractivity contribution in [2.24, 2.45) is 11.8 Å². The van der Waals surface area contributed by atoms with Crippen molar-refractivity contribution >= 4 is 11.9 Å². The summed E-state index contributed by atoms with van der Waals surface area (Å²) in [7, 11) is 0. The molecule has 1 saturated heterocycles. The number of rotatable bonds is 14. The molecule has 1 aliphatic rings. The Balaban J connectivity index is 1.77. The van der Waals surface area contributed by atoms with E-state index < -0.39 is 60.2 Å². The summed E-state index contributed by atoms with van der Waals surface area (Å²) in [5, 5.41) is 2.77. The maximum atomic E-state index is 16.0. The highest BCUT2D eigenvalue weighted by atomic mass is 19.4. The molecule has 2 atom stereocenters. The third-order valence-corrected chi connectivity index (χ3v) is 9.17. The van der Waals surface area contributed by atoms with Crippen LogP contribution in [0.25, 0.3) is 11.1 Å². The highest BCUT2D eigenvalue weighted by Gasteiger charge is 2.37. The molecular formula is C38H46F5N3O4. The minimum absolute atomic E-state index is 0.0361. The smallest absolute Gasteiger partial charge is 0.416 e. The van der Waals surface area contributed by atoms with Gasteiger partial charge >= 0.3 is 12.1 Å². The van der Waals surface area contributed by atoms with Gasteiger partial charge in [0.05, 0.1) is 31.3 Å². The second-order valence-electron chi connectivity index (χ2n) is 13.7. The zero-order valence-electron chi connectivity index (χ0n) is 29.4. The van der Waals surface area contributed by atoms with E-state index in [2.05, 4.69) is 5.32 Å². The minimum atomic E-state index is -4.82. The van der Waals surface area contributed by atoms with Gasteiger partial charge in [0.15, 0.2) is 0 Å². The molecule has 12 heteroatoms. The summed E-state index contributed by atoms with van der Waals surface area (Å²) in [5.41, 5.74) is 1.47. The highest BCUT2D eigenvalue weighted by molar-refractivity contribution is 5.82. The first kappa shape index (κ1) is 38.7. The van der Waals surface area contributed by atoms with E-state index >= 15 is 4.39 Å². The number of halogens is 5. The number of esters is 1. The van der Waals surface area contributed by atoms with Crippen LogP contribution in [0.15, 0.2) is 47.4 Å². The minimum Gasteiger partial charge on any atom is -0.466 e. The van der Waals surface area contributed by atoms with E-state index in [4.69, 9.17) is 4.74 Å². The van der Waals surface area contributed by atoms with Crippen LogP contribution in [-0.2, 0) is 26.9 Å². The fourth-order valence-electron chi connectivity index (χ4n) is 6.69. The number of amides is 1. The van der Waals surface area contributed by atoms with Crippen LogP contribution in [0.5, 0.6) is 0 Å². The summed E-state index contributed by atoms with van der Waals surface area (Å²) in [6, 6.07) is 7.05. The first-order valence-corrected chi connectivity index (χ1v) is 17.0. The van der Waals surface area contributed by atoms with E-state index in [0.29, 0.717) is 24.7 Å². The largest absolute Gasteiger partial charge is 0.466 e. The standard InChI is InChI=1S/C38H46F5N3O4/c1-7-50-34(48)17-31(29-15-28(14-25(6)36(29)40)35-23(4)9-8-10-24(35)5)44-37(49)32(13-22(2)3)46-21-27(11-12-45-19-26(18-39)20-45)30(16-33(46)47)38(41,42)43/h8-10,14-16,21-22,26,31-32H,7,11-13,17-20H2,1-6H3,(H,44,49). The molecule has 272 valence electrons. The number of aryl methyl sites for hydroxylation is 3.